The first-order valence-electron chi connectivity index (χ1n) is 14.7. The molecule has 242 valence electrons. The molecule has 2 heterocycles. The molecule has 0 saturated carbocycles. The normalized spacial score (nSPS) is 14.7. The Morgan fingerprint density at radius 3 is 2.49 bits per heavy atom. The van der Waals surface area contributed by atoms with Gasteiger partial charge in [-0.05, 0) is 85.5 Å². The van der Waals surface area contributed by atoms with E-state index in [0.29, 0.717) is 23.1 Å². The molecule has 47 heavy (non-hydrogen) atoms. The van der Waals surface area contributed by atoms with E-state index in [1.165, 1.54) is 51.9 Å². The molecule has 4 aromatic rings. The molecular weight excluding hydrogens is 629 g/mol. The second-order valence-electron chi connectivity index (χ2n) is 11.1. The van der Waals surface area contributed by atoms with Crippen LogP contribution >= 0.6 is 11.8 Å². The molecule has 0 aliphatic carbocycles. The fraction of sp³-hybridized carbons (Fsp3) is 0.265. The van der Waals surface area contributed by atoms with Crippen molar-refractivity contribution >= 4 is 34.6 Å². The number of ether oxygens (including phenoxy) is 1. The number of amidine groups is 1. The quantitative estimate of drug-likeness (QED) is 0.210. The predicted octanol–water partition coefficient (Wildman–Crippen LogP) is 7.24. The van der Waals surface area contributed by atoms with Crippen molar-refractivity contribution in [2.24, 2.45) is 4.99 Å². The second kappa shape index (κ2) is 14.1. The number of thioether (sulfide) groups is 1. The average molecular weight is 661 g/mol. The third-order valence-electron chi connectivity index (χ3n) is 6.99. The number of alkyl halides is 3. The number of carbonyl (C=O) groups is 2. The van der Waals surface area contributed by atoms with Crippen molar-refractivity contribution in [3.8, 4) is 34.7 Å². The Kier molecular flexibility index (Phi) is 10.0. The molecule has 1 aliphatic rings. The summed E-state index contributed by atoms with van der Waals surface area (Å²) in [4.78, 5) is 35.6. The number of aliphatic imine (C=N–C) groups is 1. The van der Waals surface area contributed by atoms with Gasteiger partial charge in [-0.2, -0.15) is 4.99 Å². The van der Waals surface area contributed by atoms with Crippen LogP contribution in [0.15, 0.2) is 78.0 Å². The number of urea groups is 1. The molecule has 1 unspecified atom stereocenters. The largest absolute Gasteiger partial charge is 0.573 e. The summed E-state index contributed by atoms with van der Waals surface area (Å²) >= 11 is 1.24. The standard InChI is InChI=1S/C34H31F3N6O3S/c1-21(2)28-17-8-22(3)18-29(28)43-30(44)19-47-33(43)40-32(45)39-23(4)6-5-7-24-9-11-25(12-10-24)31-38-20-42(41-31)26-13-15-27(16-14-26)46-34(35,36)37/h8-18,20-21,23H,6,19H2,1-4H3,(H,39,45)/b40-33-. The topological polar surface area (TPSA) is 102 Å². The molecule has 1 saturated heterocycles. The zero-order valence-electron chi connectivity index (χ0n) is 26.0. The zero-order chi connectivity index (χ0) is 33.7. The van der Waals surface area contributed by atoms with Gasteiger partial charge < -0.3 is 10.1 Å². The fourth-order valence-electron chi connectivity index (χ4n) is 4.73. The Hall–Kier alpha value is -5.09. The summed E-state index contributed by atoms with van der Waals surface area (Å²) in [7, 11) is 0. The maximum Gasteiger partial charge on any atom is 0.573 e. The number of benzene rings is 3. The van der Waals surface area contributed by atoms with Crippen molar-refractivity contribution in [1.82, 2.24) is 20.1 Å². The molecule has 0 spiro atoms. The third kappa shape index (κ3) is 8.59. The highest BCUT2D eigenvalue weighted by Gasteiger charge is 2.33. The van der Waals surface area contributed by atoms with Gasteiger partial charge in [0.2, 0.25) is 5.91 Å². The molecule has 1 atom stereocenters. The number of rotatable bonds is 7. The van der Waals surface area contributed by atoms with Crippen LogP contribution in [0.1, 0.15) is 49.8 Å². The predicted molar refractivity (Wildman–Crippen MR) is 176 cm³/mol. The number of nitrogens with zero attached hydrogens (tertiary/aromatic N) is 5. The van der Waals surface area contributed by atoms with E-state index in [2.05, 4.69) is 50.8 Å². The fourth-order valence-corrected chi connectivity index (χ4v) is 5.59. The number of hydrogen-bond acceptors (Lipinski definition) is 6. The van der Waals surface area contributed by atoms with Crippen LogP contribution < -0.4 is 15.0 Å². The zero-order valence-corrected chi connectivity index (χ0v) is 26.8. The second-order valence-corrected chi connectivity index (χ2v) is 12.1. The molecule has 3 amide bonds. The van der Waals surface area contributed by atoms with E-state index in [4.69, 9.17) is 0 Å². The van der Waals surface area contributed by atoms with E-state index >= 15 is 0 Å². The summed E-state index contributed by atoms with van der Waals surface area (Å²) in [5, 5.41) is 7.59. The number of aryl methyl sites for hydroxylation is 1. The highest BCUT2D eigenvalue weighted by molar-refractivity contribution is 8.15. The van der Waals surface area contributed by atoms with Crippen LogP contribution in [0.3, 0.4) is 0 Å². The van der Waals surface area contributed by atoms with Crippen LogP contribution in [-0.4, -0.2) is 50.0 Å². The lowest BCUT2D eigenvalue weighted by molar-refractivity contribution is -0.274. The van der Waals surface area contributed by atoms with Gasteiger partial charge in [0.15, 0.2) is 11.0 Å². The molecule has 3 aromatic carbocycles. The summed E-state index contributed by atoms with van der Waals surface area (Å²) in [6, 6.07) is 17.7. The minimum atomic E-state index is -4.76. The van der Waals surface area contributed by atoms with Crippen LogP contribution in [0, 0.1) is 18.8 Å². The van der Waals surface area contributed by atoms with Crippen molar-refractivity contribution in [3.63, 3.8) is 0 Å². The van der Waals surface area contributed by atoms with Crippen LogP contribution in [0.25, 0.3) is 17.1 Å². The summed E-state index contributed by atoms with van der Waals surface area (Å²) in [6.07, 6.45) is -2.92. The van der Waals surface area contributed by atoms with Gasteiger partial charge >= 0.3 is 12.4 Å². The van der Waals surface area contributed by atoms with E-state index in [1.807, 2.05) is 56.3 Å². The minimum absolute atomic E-state index is 0.115. The van der Waals surface area contributed by atoms with E-state index in [0.717, 1.165) is 27.9 Å². The molecule has 0 bridgehead atoms. The van der Waals surface area contributed by atoms with Gasteiger partial charge in [-0.25, -0.2) is 14.5 Å². The first-order chi connectivity index (χ1) is 22.4. The molecule has 1 N–H and O–H groups in total. The highest BCUT2D eigenvalue weighted by atomic mass is 32.2. The number of halogens is 3. The van der Waals surface area contributed by atoms with Crippen molar-refractivity contribution in [1.29, 1.82) is 0 Å². The van der Waals surface area contributed by atoms with Crippen molar-refractivity contribution in [2.45, 2.75) is 52.4 Å². The summed E-state index contributed by atoms with van der Waals surface area (Å²) in [6.45, 7) is 7.91. The maximum absolute atomic E-state index is 12.8. The van der Waals surface area contributed by atoms with Crippen LogP contribution in [0.2, 0.25) is 0 Å². The van der Waals surface area contributed by atoms with Crippen molar-refractivity contribution in [2.75, 3.05) is 10.7 Å². The van der Waals surface area contributed by atoms with Gasteiger partial charge in [0.1, 0.15) is 12.1 Å². The number of aromatic nitrogens is 3. The van der Waals surface area contributed by atoms with Gasteiger partial charge in [0.05, 0.1) is 17.1 Å². The Labute approximate surface area is 274 Å². The number of carbonyl (C=O) groups excluding carboxylic acids is 2. The van der Waals surface area contributed by atoms with E-state index < -0.39 is 12.4 Å². The lowest BCUT2D eigenvalue weighted by atomic mass is 9.99. The van der Waals surface area contributed by atoms with Crippen LogP contribution in [0.4, 0.5) is 23.7 Å². The summed E-state index contributed by atoms with van der Waals surface area (Å²) < 4.78 is 42.6. The first-order valence-corrected chi connectivity index (χ1v) is 15.7. The van der Waals surface area contributed by atoms with Gasteiger partial charge in [0, 0.05) is 23.6 Å². The van der Waals surface area contributed by atoms with Crippen molar-refractivity contribution in [3.05, 3.63) is 89.7 Å². The van der Waals surface area contributed by atoms with E-state index in [1.54, 1.807) is 0 Å². The summed E-state index contributed by atoms with van der Waals surface area (Å²) in [5.41, 5.74) is 4.78. The minimum Gasteiger partial charge on any atom is -0.406 e. The Morgan fingerprint density at radius 1 is 1.09 bits per heavy atom. The molecule has 9 nitrogen and oxygen atoms in total. The van der Waals surface area contributed by atoms with Gasteiger partial charge in [-0.15, -0.1) is 18.3 Å². The average Bonchev–Trinajstić information content (AvgIpc) is 3.64. The van der Waals surface area contributed by atoms with Gasteiger partial charge in [-0.3, -0.25) is 9.69 Å². The Bertz CT molecular complexity index is 1860. The van der Waals surface area contributed by atoms with Gasteiger partial charge in [-0.1, -0.05) is 49.6 Å². The first kappa shape index (κ1) is 33.3. The smallest absolute Gasteiger partial charge is 0.406 e. The molecular formula is C34H31F3N6O3S. The van der Waals surface area contributed by atoms with Crippen LogP contribution in [0.5, 0.6) is 5.75 Å². The van der Waals surface area contributed by atoms with E-state index in [-0.39, 0.29) is 29.4 Å². The Balaban J connectivity index is 1.17. The number of amides is 3. The highest BCUT2D eigenvalue weighted by Crippen LogP contribution is 2.34. The van der Waals surface area contributed by atoms with E-state index in [9.17, 15) is 22.8 Å². The third-order valence-corrected chi connectivity index (χ3v) is 7.92. The number of hydrogen-bond donors (Lipinski definition) is 1. The molecule has 5 rings (SSSR count). The van der Waals surface area contributed by atoms with Crippen LogP contribution in [-0.2, 0) is 4.79 Å². The lowest BCUT2D eigenvalue weighted by Gasteiger charge is -2.22. The molecule has 13 heteroatoms. The Morgan fingerprint density at radius 2 is 1.81 bits per heavy atom. The number of nitrogens with one attached hydrogen (secondary N) is 1. The molecule has 1 fully saturated rings. The van der Waals surface area contributed by atoms with Gasteiger partial charge in [0.25, 0.3) is 0 Å². The van der Waals surface area contributed by atoms with Crippen molar-refractivity contribution < 1.29 is 27.5 Å². The molecule has 0 radical (unpaired) electrons. The maximum atomic E-state index is 12.8. The molecule has 1 aliphatic heterocycles. The number of anilines is 1. The summed E-state index contributed by atoms with van der Waals surface area (Å²) in [5.74, 6) is 6.55. The lowest BCUT2D eigenvalue weighted by Crippen LogP contribution is -2.34. The SMILES string of the molecule is Cc1ccc(C(C)C)c(N2C(=O)CS/C2=N\C(=O)NC(C)CC#Cc2ccc(-c3ncn(-c4ccc(OC(F)(F)F)cc4)n3)cc2)c1. The molecule has 1 aromatic heterocycles. The monoisotopic (exact) mass is 660 g/mol.